The Morgan fingerprint density at radius 2 is 2.07 bits per heavy atom. The minimum Gasteiger partial charge on any atom is -0.288 e. The van der Waals surface area contributed by atoms with Crippen LogP contribution in [0.4, 0.5) is 8.78 Å². The summed E-state index contributed by atoms with van der Waals surface area (Å²) in [5.41, 5.74) is 0. The van der Waals surface area contributed by atoms with E-state index in [0.29, 0.717) is 17.7 Å². The minimum atomic E-state index is -3.04. The molecule has 0 aromatic carbocycles. The highest BCUT2D eigenvalue weighted by Gasteiger charge is 2.44. The van der Waals surface area contributed by atoms with E-state index in [4.69, 9.17) is 10.8 Å². The van der Waals surface area contributed by atoms with Crippen molar-refractivity contribution in [2.45, 2.75) is 39.2 Å². The molecule has 1 rings (SSSR count). The minimum absolute atomic E-state index is 0.139. The van der Waals surface area contributed by atoms with Crippen LogP contribution in [-0.4, -0.2) is 22.6 Å². The summed E-state index contributed by atoms with van der Waals surface area (Å²) in [6.07, 6.45) is 0.406. The Kier molecular flexibility index (Phi) is 2.87. The van der Waals surface area contributed by atoms with Gasteiger partial charge in [-0.15, -0.1) is 0 Å². The third-order valence-corrected chi connectivity index (χ3v) is 2.28. The van der Waals surface area contributed by atoms with Crippen molar-refractivity contribution in [2.75, 3.05) is 0 Å². The number of nitrogens with one attached hydrogen (secondary N) is 2. The van der Waals surface area contributed by atoms with Crippen molar-refractivity contribution in [2.24, 2.45) is 5.92 Å². The van der Waals surface area contributed by atoms with Gasteiger partial charge >= 0.3 is 6.05 Å². The number of amidine groups is 2. The van der Waals surface area contributed by atoms with Crippen molar-refractivity contribution < 1.29 is 8.78 Å². The summed E-state index contributed by atoms with van der Waals surface area (Å²) in [6.45, 7) is 3.36. The Morgan fingerprint density at radius 1 is 1.50 bits per heavy atom. The van der Waals surface area contributed by atoms with Gasteiger partial charge in [-0.2, -0.15) is 8.78 Å². The molecule has 2 N–H and O–H groups in total. The van der Waals surface area contributed by atoms with Crippen LogP contribution in [0.2, 0.25) is 0 Å². The Bertz CT molecular complexity index is 261. The summed E-state index contributed by atoms with van der Waals surface area (Å²) < 4.78 is 26.7. The molecule has 0 saturated carbocycles. The lowest BCUT2D eigenvalue weighted by Crippen LogP contribution is -2.52. The monoisotopic (exact) mass is 203 g/mol. The summed E-state index contributed by atoms with van der Waals surface area (Å²) in [5.74, 6) is -0.584. The van der Waals surface area contributed by atoms with Gasteiger partial charge in [0, 0.05) is 18.8 Å². The van der Waals surface area contributed by atoms with E-state index in [9.17, 15) is 8.78 Å². The average Bonchev–Trinajstić information content (AvgIpc) is 2.01. The van der Waals surface area contributed by atoms with Gasteiger partial charge in [-0.1, -0.05) is 13.8 Å². The van der Waals surface area contributed by atoms with Gasteiger partial charge in [0.05, 0.1) is 0 Å². The fraction of sp³-hybridized carbons (Fsp3) is 0.778. The predicted octanol–water partition coefficient (Wildman–Crippen LogP) is 2.68. The molecule has 0 radical (unpaired) electrons. The van der Waals surface area contributed by atoms with Crippen molar-refractivity contribution >= 4 is 11.7 Å². The van der Waals surface area contributed by atoms with Crippen molar-refractivity contribution in [1.82, 2.24) is 4.90 Å². The van der Waals surface area contributed by atoms with E-state index in [1.807, 2.05) is 0 Å². The number of hydrogen-bond donors (Lipinski definition) is 2. The second kappa shape index (κ2) is 3.63. The number of likely N-dealkylation sites (tertiary alicyclic amines) is 1. The van der Waals surface area contributed by atoms with Crippen LogP contribution >= 0.6 is 0 Å². The Labute approximate surface area is 82.1 Å². The van der Waals surface area contributed by atoms with Crippen molar-refractivity contribution in [3.05, 3.63) is 0 Å². The zero-order chi connectivity index (χ0) is 10.9. The first-order valence-electron chi connectivity index (χ1n) is 4.70. The summed E-state index contributed by atoms with van der Waals surface area (Å²) in [5, 5.41) is 15.0. The lowest BCUT2D eigenvalue weighted by molar-refractivity contribution is -0.0962. The molecule has 1 aliphatic heterocycles. The average molecular weight is 203 g/mol. The van der Waals surface area contributed by atoms with Crippen LogP contribution < -0.4 is 0 Å². The highest BCUT2D eigenvalue weighted by Crippen LogP contribution is 2.33. The maximum atomic E-state index is 13.4. The van der Waals surface area contributed by atoms with Crippen LogP contribution in [-0.2, 0) is 0 Å². The van der Waals surface area contributed by atoms with Gasteiger partial charge in [0.1, 0.15) is 11.7 Å². The molecule has 0 aliphatic carbocycles. The van der Waals surface area contributed by atoms with E-state index in [0.717, 1.165) is 0 Å². The molecule has 0 amide bonds. The van der Waals surface area contributed by atoms with Gasteiger partial charge in [-0.3, -0.25) is 15.7 Å². The van der Waals surface area contributed by atoms with E-state index in [1.165, 1.54) is 0 Å². The van der Waals surface area contributed by atoms with Crippen LogP contribution in [0.25, 0.3) is 0 Å². The van der Waals surface area contributed by atoms with Crippen molar-refractivity contribution in [3.8, 4) is 0 Å². The van der Waals surface area contributed by atoms with Crippen LogP contribution in [0.15, 0.2) is 0 Å². The Balaban J connectivity index is 2.91. The van der Waals surface area contributed by atoms with Crippen LogP contribution in [0.1, 0.15) is 33.1 Å². The molecule has 0 bridgehead atoms. The van der Waals surface area contributed by atoms with E-state index < -0.39 is 6.05 Å². The van der Waals surface area contributed by atoms with Gasteiger partial charge in [-0.05, 0) is 6.42 Å². The second-order valence-electron chi connectivity index (χ2n) is 3.84. The highest BCUT2D eigenvalue weighted by molar-refractivity contribution is 5.99. The molecule has 0 aromatic rings. The van der Waals surface area contributed by atoms with Gasteiger partial charge in [-0.25, -0.2) is 0 Å². The fourth-order valence-corrected chi connectivity index (χ4v) is 1.47. The summed E-state index contributed by atoms with van der Waals surface area (Å²) in [6, 6.07) is -3.04. The van der Waals surface area contributed by atoms with Gasteiger partial charge in [0.15, 0.2) is 0 Å². The topological polar surface area (TPSA) is 50.9 Å². The lowest BCUT2D eigenvalue weighted by atomic mass is 10.0. The SMILES string of the molecule is CC(C)C(=N)N1C(=N)CCCC1(F)F. The molecule has 0 aromatic heterocycles. The standard InChI is InChI=1S/C9H15F2N3/c1-6(2)8(13)14-7(12)4-3-5-9(14,10)11/h6,12-13H,3-5H2,1-2H3. The maximum Gasteiger partial charge on any atom is 0.331 e. The summed E-state index contributed by atoms with van der Waals surface area (Å²) in [7, 11) is 0. The molecular formula is C9H15F2N3. The number of alkyl halides is 2. The molecule has 1 heterocycles. The van der Waals surface area contributed by atoms with Crippen molar-refractivity contribution in [1.29, 1.82) is 10.8 Å². The Hall–Kier alpha value is -1.00. The second-order valence-corrected chi connectivity index (χ2v) is 3.84. The van der Waals surface area contributed by atoms with E-state index in [2.05, 4.69) is 0 Å². The van der Waals surface area contributed by atoms with Gasteiger partial charge in [0.25, 0.3) is 0 Å². The Morgan fingerprint density at radius 3 is 2.50 bits per heavy atom. The molecule has 1 aliphatic rings. The summed E-state index contributed by atoms with van der Waals surface area (Å²) >= 11 is 0. The molecule has 0 spiro atoms. The first-order valence-corrected chi connectivity index (χ1v) is 4.70. The third-order valence-electron chi connectivity index (χ3n) is 2.28. The predicted molar refractivity (Wildman–Crippen MR) is 50.9 cm³/mol. The van der Waals surface area contributed by atoms with Gasteiger partial charge in [0.2, 0.25) is 0 Å². The van der Waals surface area contributed by atoms with E-state index in [1.54, 1.807) is 13.8 Å². The van der Waals surface area contributed by atoms with Crippen LogP contribution in [0.3, 0.4) is 0 Å². The molecule has 5 heteroatoms. The van der Waals surface area contributed by atoms with Gasteiger partial charge < -0.3 is 0 Å². The van der Waals surface area contributed by atoms with E-state index in [-0.39, 0.29) is 24.0 Å². The molecule has 1 fully saturated rings. The first-order chi connectivity index (χ1) is 6.36. The smallest absolute Gasteiger partial charge is 0.288 e. The van der Waals surface area contributed by atoms with Crippen LogP contribution in [0.5, 0.6) is 0 Å². The highest BCUT2D eigenvalue weighted by atomic mass is 19.3. The number of nitrogens with zero attached hydrogens (tertiary/aromatic N) is 1. The molecule has 1 saturated heterocycles. The molecule has 0 unspecified atom stereocenters. The van der Waals surface area contributed by atoms with E-state index >= 15 is 0 Å². The normalized spacial score (nSPS) is 21.5. The van der Waals surface area contributed by atoms with Crippen LogP contribution in [0, 0.1) is 16.7 Å². The lowest BCUT2D eigenvalue weighted by Gasteiger charge is -2.38. The largest absolute Gasteiger partial charge is 0.331 e. The zero-order valence-electron chi connectivity index (χ0n) is 8.40. The van der Waals surface area contributed by atoms with Crippen molar-refractivity contribution in [3.63, 3.8) is 0 Å². The quantitative estimate of drug-likeness (QED) is 0.384. The summed E-state index contributed by atoms with van der Waals surface area (Å²) in [4.78, 5) is 0.571. The molecule has 0 atom stereocenters. The zero-order valence-corrected chi connectivity index (χ0v) is 8.40. The number of piperidine rings is 1. The molecule has 14 heavy (non-hydrogen) atoms. The molecule has 3 nitrogen and oxygen atoms in total. The maximum absolute atomic E-state index is 13.4. The molecule has 80 valence electrons. The number of halogens is 2. The third kappa shape index (κ3) is 1.91. The number of hydrogen-bond acceptors (Lipinski definition) is 2. The first kappa shape index (κ1) is 11.1. The number of rotatable bonds is 1. The fourth-order valence-electron chi connectivity index (χ4n) is 1.47. The molecular weight excluding hydrogens is 188 g/mol.